The minimum atomic E-state index is -0.727. The highest BCUT2D eigenvalue weighted by atomic mass is 16.6. The number of unbranched alkanes of at least 4 members (excludes halogenated alkanes) is 1. The van der Waals surface area contributed by atoms with Gasteiger partial charge in [0, 0.05) is 24.9 Å². The smallest absolute Gasteiger partial charge is 0.338 e. The predicted molar refractivity (Wildman–Crippen MR) is 110 cm³/mol. The van der Waals surface area contributed by atoms with E-state index in [1.807, 2.05) is 57.3 Å². The van der Waals surface area contributed by atoms with E-state index in [4.69, 9.17) is 14.2 Å². The first kappa shape index (κ1) is 20.2. The maximum absolute atomic E-state index is 12.8. The van der Waals surface area contributed by atoms with Crippen LogP contribution in [0.15, 0.2) is 48.5 Å². The molecule has 0 radical (unpaired) electrons. The molecule has 2 unspecified atom stereocenters. The molecule has 0 bridgehead atoms. The van der Waals surface area contributed by atoms with Crippen molar-refractivity contribution in [2.75, 3.05) is 19.0 Å². The molecular weight excluding hydrogens is 354 g/mol. The Kier molecular flexibility index (Phi) is 6.25. The second-order valence-electron chi connectivity index (χ2n) is 7.54. The summed E-state index contributed by atoms with van der Waals surface area (Å²) in [7, 11) is 1.87. The summed E-state index contributed by atoms with van der Waals surface area (Å²) in [4.78, 5) is 12.8. The highest BCUT2D eigenvalue weighted by molar-refractivity contribution is 5.89. The first-order chi connectivity index (χ1) is 13.5. The van der Waals surface area contributed by atoms with E-state index in [2.05, 4.69) is 12.2 Å². The monoisotopic (exact) mass is 383 g/mol. The fourth-order valence-electron chi connectivity index (χ4n) is 3.38. The summed E-state index contributed by atoms with van der Waals surface area (Å²) in [5, 5.41) is 3.15. The zero-order valence-corrected chi connectivity index (χ0v) is 17.0. The number of fused-ring (bicyclic) bond motifs is 1. The van der Waals surface area contributed by atoms with E-state index in [1.54, 1.807) is 12.1 Å². The lowest BCUT2D eigenvalue weighted by Crippen LogP contribution is -2.51. The van der Waals surface area contributed by atoms with Crippen LogP contribution in [0.1, 0.15) is 55.6 Å². The van der Waals surface area contributed by atoms with Crippen LogP contribution >= 0.6 is 0 Å². The molecule has 0 amide bonds. The largest absolute Gasteiger partial charge is 0.483 e. The number of benzene rings is 2. The first-order valence-corrected chi connectivity index (χ1v) is 9.84. The number of esters is 1. The van der Waals surface area contributed by atoms with Crippen LogP contribution in [0.25, 0.3) is 0 Å². The summed E-state index contributed by atoms with van der Waals surface area (Å²) in [6, 6.07) is 14.9. The lowest BCUT2D eigenvalue weighted by atomic mass is 9.87. The number of anilines is 1. The molecule has 1 aliphatic heterocycles. The van der Waals surface area contributed by atoms with Gasteiger partial charge < -0.3 is 19.5 Å². The van der Waals surface area contributed by atoms with E-state index in [0.717, 1.165) is 29.8 Å². The Balaban J connectivity index is 1.95. The van der Waals surface area contributed by atoms with Gasteiger partial charge >= 0.3 is 5.97 Å². The summed E-state index contributed by atoms with van der Waals surface area (Å²) in [5.41, 5.74) is 1.64. The molecule has 0 spiro atoms. The fraction of sp³-hybridized carbons (Fsp3) is 0.435. The van der Waals surface area contributed by atoms with E-state index >= 15 is 0 Å². The maximum Gasteiger partial charge on any atom is 0.338 e. The number of carbonyl (C=O) groups excluding carboxylic acids is 1. The third-order valence-electron chi connectivity index (χ3n) is 4.98. The molecule has 0 fully saturated rings. The minimum Gasteiger partial charge on any atom is -0.483 e. The zero-order chi connectivity index (χ0) is 20.1. The molecule has 0 saturated carbocycles. The SMILES string of the molecule is CCCCOC1c2cc(NC)ccc2OC(C)(C)C1OC(=O)c1ccccc1. The van der Waals surface area contributed by atoms with Crippen molar-refractivity contribution in [1.82, 2.24) is 0 Å². The second kappa shape index (κ2) is 8.65. The van der Waals surface area contributed by atoms with Crippen molar-refractivity contribution >= 4 is 11.7 Å². The van der Waals surface area contributed by atoms with Crippen LogP contribution in [0, 0.1) is 0 Å². The molecule has 1 N–H and O–H groups in total. The number of ether oxygens (including phenoxy) is 3. The summed E-state index contributed by atoms with van der Waals surface area (Å²) in [5.74, 6) is 0.386. The van der Waals surface area contributed by atoms with Gasteiger partial charge in [-0.15, -0.1) is 0 Å². The van der Waals surface area contributed by atoms with Crippen molar-refractivity contribution in [2.45, 2.75) is 51.4 Å². The Morgan fingerprint density at radius 1 is 1.18 bits per heavy atom. The number of hydrogen-bond acceptors (Lipinski definition) is 5. The average Bonchev–Trinajstić information content (AvgIpc) is 2.70. The molecular formula is C23H29NO4. The van der Waals surface area contributed by atoms with Crippen molar-refractivity contribution in [3.8, 4) is 5.75 Å². The van der Waals surface area contributed by atoms with Crippen molar-refractivity contribution in [3.63, 3.8) is 0 Å². The van der Waals surface area contributed by atoms with Gasteiger partial charge in [0.15, 0.2) is 6.10 Å². The molecule has 2 aromatic rings. The normalized spacial score (nSPS) is 20.0. The molecule has 0 aliphatic carbocycles. The Bertz CT molecular complexity index is 804. The van der Waals surface area contributed by atoms with E-state index in [0.29, 0.717) is 12.2 Å². The summed E-state index contributed by atoms with van der Waals surface area (Å²) in [6.45, 7) is 6.58. The molecule has 2 aromatic carbocycles. The van der Waals surface area contributed by atoms with Crippen molar-refractivity contribution in [3.05, 3.63) is 59.7 Å². The van der Waals surface area contributed by atoms with Gasteiger partial charge in [-0.25, -0.2) is 4.79 Å². The Hall–Kier alpha value is -2.53. The topological polar surface area (TPSA) is 56.8 Å². The highest BCUT2D eigenvalue weighted by Crippen LogP contribution is 2.44. The lowest BCUT2D eigenvalue weighted by molar-refractivity contribution is -0.140. The average molecular weight is 383 g/mol. The Labute approximate surface area is 167 Å². The summed E-state index contributed by atoms with van der Waals surface area (Å²) >= 11 is 0. The van der Waals surface area contributed by atoms with Crippen molar-refractivity contribution in [2.24, 2.45) is 0 Å². The van der Waals surface area contributed by atoms with Crippen LogP contribution in [0.4, 0.5) is 5.69 Å². The molecule has 5 nitrogen and oxygen atoms in total. The Morgan fingerprint density at radius 2 is 1.93 bits per heavy atom. The number of carbonyl (C=O) groups is 1. The fourth-order valence-corrected chi connectivity index (χ4v) is 3.38. The van der Waals surface area contributed by atoms with E-state index < -0.39 is 17.8 Å². The van der Waals surface area contributed by atoms with Crippen molar-refractivity contribution < 1.29 is 19.0 Å². The third kappa shape index (κ3) is 4.30. The molecule has 5 heteroatoms. The van der Waals surface area contributed by atoms with Crippen LogP contribution in [-0.4, -0.2) is 31.3 Å². The standard InChI is InChI=1S/C23H29NO4/c1-5-6-14-26-20-18-15-17(24-4)12-13-19(18)28-23(2,3)21(20)27-22(25)16-10-8-7-9-11-16/h7-13,15,20-21,24H,5-6,14H2,1-4H3. The number of nitrogens with one attached hydrogen (secondary N) is 1. The first-order valence-electron chi connectivity index (χ1n) is 9.84. The van der Waals surface area contributed by atoms with Gasteiger partial charge in [-0.1, -0.05) is 31.5 Å². The Morgan fingerprint density at radius 3 is 2.61 bits per heavy atom. The molecule has 28 heavy (non-hydrogen) atoms. The quantitative estimate of drug-likeness (QED) is 0.540. The van der Waals surface area contributed by atoms with E-state index in [-0.39, 0.29) is 5.97 Å². The molecule has 3 rings (SSSR count). The van der Waals surface area contributed by atoms with Crippen molar-refractivity contribution in [1.29, 1.82) is 0 Å². The summed E-state index contributed by atoms with van der Waals surface area (Å²) < 4.78 is 18.4. The molecule has 2 atom stereocenters. The van der Waals surface area contributed by atoms with Crippen LogP contribution in [0.3, 0.4) is 0 Å². The predicted octanol–water partition coefficient (Wildman–Crippen LogP) is 4.98. The van der Waals surface area contributed by atoms with Crippen LogP contribution in [0.5, 0.6) is 5.75 Å². The van der Waals surface area contributed by atoms with Crippen LogP contribution < -0.4 is 10.1 Å². The van der Waals surface area contributed by atoms with E-state index in [1.165, 1.54) is 0 Å². The van der Waals surface area contributed by atoms with E-state index in [9.17, 15) is 4.79 Å². The second-order valence-corrected chi connectivity index (χ2v) is 7.54. The molecule has 1 aliphatic rings. The molecule has 1 heterocycles. The molecule has 150 valence electrons. The third-order valence-corrected chi connectivity index (χ3v) is 4.98. The molecule has 0 saturated heterocycles. The van der Waals surface area contributed by atoms with Gasteiger partial charge in [0.1, 0.15) is 17.5 Å². The lowest BCUT2D eigenvalue weighted by Gasteiger charge is -2.43. The molecule has 0 aromatic heterocycles. The maximum atomic E-state index is 12.8. The van der Waals surface area contributed by atoms with Gasteiger partial charge in [-0.3, -0.25) is 0 Å². The zero-order valence-electron chi connectivity index (χ0n) is 17.0. The van der Waals surface area contributed by atoms with Gasteiger partial charge in [0.25, 0.3) is 0 Å². The van der Waals surface area contributed by atoms with Crippen LogP contribution in [-0.2, 0) is 9.47 Å². The summed E-state index contributed by atoms with van der Waals surface area (Å²) in [6.07, 6.45) is 1.01. The minimum absolute atomic E-state index is 0.375. The van der Waals surface area contributed by atoms with Gasteiger partial charge in [-0.05, 0) is 50.6 Å². The van der Waals surface area contributed by atoms with Crippen LogP contribution in [0.2, 0.25) is 0 Å². The van der Waals surface area contributed by atoms with Gasteiger partial charge in [0.05, 0.1) is 5.56 Å². The van der Waals surface area contributed by atoms with Gasteiger partial charge in [-0.2, -0.15) is 0 Å². The number of hydrogen-bond donors (Lipinski definition) is 1. The number of rotatable bonds is 7. The highest BCUT2D eigenvalue weighted by Gasteiger charge is 2.47. The van der Waals surface area contributed by atoms with Gasteiger partial charge in [0.2, 0.25) is 0 Å².